The van der Waals surface area contributed by atoms with E-state index in [-0.39, 0.29) is 0 Å². The number of methoxy groups -OCH3 is 1. The first kappa shape index (κ1) is 8.02. The molecule has 0 saturated heterocycles. The van der Waals surface area contributed by atoms with Crippen LogP contribution in [0.1, 0.15) is 26.7 Å². The average molecular weight is 143 g/mol. The van der Waals surface area contributed by atoms with Crippen molar-refractivity contribution in [1.29, 1.82) is 0 Å². The van der Waals surface area contributed by atoms with Crippen molar-refractivity contribution in [1.82, 2.24) is 5.32 Å². The molecule has 0 radical (unpaired) electrons. The van der Waals surface area contributed by atoms with Crippen molar-refractivity contribution < 1.29 is 4.74 Å². The molecular weight excluding hydrogens is 126 g/mol. The lowest BCUT2D eigenvalue weighted by atomic mass is 9.88. The van der Waals surface area contributed by atoms with Crippen molar-refractivity contribution in [2.45, 2.75) is 44.9 Å². The Labute approximate surface area is 63.0 Å². The van der Waals surface area contributed by atoms with Crippen LogP contribution in [-0.4, -0.2) is 25.3 Å². The third kappa shape index (κ3) is 1.70. The van der Waals surface area contributed by atoms with E-state index < -0.39 is 0 Å². The van der Waals surface area contributed by atoms with Crippen LogP contribution in [-0.2, 0) is 4.74 Å². The van der Waals surface area contributed by atoms with Crippen LogP contribution in [0.15, 0.2) is 0 Å². The Kier molecular flexibility index (Phi) is 2.69. The second-order valence-corrected chi connectivity index (χ2v) is 3.28. The lowest BCUT2D eigenvalue weighted by Gasteiger charge is -2.37. The summed E-state index contributed by atoms with van der Waals surface area (Å²) in [5.41, 5.74) is 0. The van der Waals surface area contributed by atoms with Gasteiger partial charge in [0, 0.05) is 19.2 Å². The van der Waals surface area contributed by atoms with Gasteiger partial charge >= 0.3 is 0 Å². The fourth-order valence-corrected chi connectivity index (χ4v) is 1.37. The SMILES string of the molecule is CO[C@@H]1CC[C@H]1NC(C)C. The monoisotopic (exact) mass is 143 g/mol. The van der Waals surface area contributed by atoms with Crippen LogP contribution in [0.5, 0.6) is 0 Å². The average Bonchev–Trinajstić information content (AvgIpc) is 1.82. The molecule has 1 fully saturated rings. The molecule has 0 unspecified atom stereocenters. The maximum atomic E-state index is 5.24. The van der Waals surface area contributed by atoms with Gasteiger partial charge in [-0.05, 0) is 12.8 Å². The third-order valence-electron chi connectivity index (χ3n) is 2.06. The predicted molar refractivity (Wildman–Crippen MR) is 42.1 cm³/mol. The number of nitrogens with one attached hydrogen (secondary N) is 1. The Bertz CT molecular complexity index is 101. The first-order chi connectivity index (χ1) is 4.74. The summed E-state index contributed by atoms with van der Waals surface area (Å²) >= 11 is 0. The molecule has 0 aromatic heterocycles. The van der Waals surface area contributed by atoms with Crippen LogP contribution in [0.4, 0.5) is 0 Å². The van der Waals surface area contributed by atoms with Gasteiger partial charge in [0.05, 0.1) is 6.10 Å². The molecule has 0 aromatic carbocycles. The topological polar surface area (TPSA) is 21.3 Å². The molecule has 2 heteroatoms. The zero-order chi connectivity index (χ0) is 7.56. The maximum Gasteiger partial charge on any atom is 0.0724 e. The number of hydrogen-bond donors (Lipinski definition) is 1. The summed E-state index contributed by atoms with van der Waals surface area (Å²) in [5.74, 6) is 0. The highest BCUT2D eigenvalue weighted by Crippen LogP contribution is 2.22. The quantitative estimate of drug-likeness (QED) is 0.640. The van der Waals surface area contributed by atoms with Gasteiger partial charge in [-0.2, -0.15) is 0 Å². The first-order valence-corrected chi connectivity index (χ1v) is 4.03. The summed E-state index contributed by atoms with van der Waals surface area (Å²) < 4.78 is 5.24. The number of hydrogen-bond acceptors (Lipinski definition) is 2. The van der Waals surface area contributed by atoms with E-state index in [9.17, 15) is 0 Å². The molecule has 0 aliphatic heterocycles. The first-order valence-electron chi connectivity index (χ1n) is 4.03. The van der Waals surface area contributed by atoms with Crippen molar-refractivity contribution >= 4 is 0 Å². The van der Waals surface area contributed by atoms with Crippen molar-refractivity contribution in [3.8, 4) is 0 Å². The fourth-order valence-electron chi connectivity index (χ4n) is 1.37. The highest BCUT2D eigenvalue weighted by atomic mass is 16.5. The van der Waals surface area contributed by atoms with Crippen molar-refractivity contribution in [3.63, 3.8) is 0 Å². The normalized spacial score (nSPS) is 32.4. The van der Waals surface area contributed by atoms with Crippen LogP contribution in [0.3, 0.4) is 0 Å². The molecule has 1 aliphatic rings. The minimum absolute atomic E-state index is 0.474. The lowest BCUT2D eigenvalue weighted by Crippen LogP contribution is -2.51. The van der Waals surface area contributed by atoms with Gasteiger partial charge < -0.3 is 10.1 Å². The Morgan fingerprint density at radius 2 is 2.10 bits per heavy atom. The zero-order valence-corrected chi connectivity index (χ0v) is 7.05. The van der Waals surface area contributed by atoms with Gasteiger partial charge in [0.25, 0.3) is 0 Å². The predicted octanol–water partition coefficient (Wildman–Crippen LogP) is 1.16. The largest absolute Gasteiger partial charge is 0.380 e. The van der Waals surface area contributed by atoms with E-state index in [1.165, 1.54) is 12.8 Å². The standard InChI is InChI=1S/C8H17NO/c1-6(2)9-7-4-5-8(7)10-3/h6-9H,4-5H2,1-3H3/t7-,8-/m1/s1. The smallest absolute Gasteiger partial charge is 0.0724 e. The molecule has 2 atom stereocenters. The van der Waals surface area contributed by atoms with Gasteiger partial charge in [0.1, 0.15) is 0 Å². The maximum absolute atomic E-state index is 5.24. The highest BCUT2D eigenvalue weighted by Gasteiger charge is 2.30. The molecule has 0 spiro atoms. The summed E-state index contributed by atoms with van der Waals surface area (Å²) in [7, 11) is 1.79. The van der Waals surface area contributed by atoms with Crippen LogP contribution in [0.2, 0.25) is 0 Å². The molecule has 0 aromatic rings. The summed E-state index contributed by atoms with van der Waals surface area (Å²) in [5, 5.41) is 3.46. The molecule has 2 nitrogen and oxygen atoms in total. The summed E-state index contributed by atoms with van der Waals surface area (Å²) in [6, 6.07) is 1.20. The van der Waals surface area contributed by atoms with Gasteiger partial charge in [0.15, 0.2) is 0 Å². The van der Waals surface area contributed by atoms with E-state index >= 15 is 0 Å². The minimum Gasteiger partial charge on any atom is -0.380 e. The van der Waals surface area contributed by atoms with Crippen molar-refractivity contribution in [3.05, 3.63) is 0 Å². The van der Waals surface area contributed by atoms with Gasteiger partial charge in [0.2, 0.25) is 0 Å². The van der Waals surface area contributed by atoms with E-state index in [1.807, 2.05) is 0 Å². The molecule has 0 amide bonds. The molecule has 10 heavy (non-hydrogen) atoms. The van der Waals surface area contributed by atoms with E-state index in [0.29, 0.717) is 18.2 Å². The Morgan fingerprint density at radius 1 is 1.40 bits per heavy atom. The summed E-state index contributed by atoms with van der Waals surface area (Å²) in [4.78, 5) is 0. The molecule has 1 rings (SSSR count). The molecular formula is C8H17NO. The van der Waals surface area contributed by atoms with E-state index in [1.54, 1.807) is 7.11 Å². The number of ether oxygens (including phenoxy) is 1. The van der Waals surface area contributed by atoms with Crippen LogP contribution in [0, 0.1) is 0 Å². The van der Waals surface area contributed by atoms with Gasteiger partial charge in [-0.3, -0.25) is 0 Å². The summed E-state index contributed by atoms with van der Waals surface area (Å²) in [6.07, 6.45) is 2.97. The molecule has 0 bridgehead atoms. The van der Waals surface area contributed by atoms with Crippen molar-refractivity contribution in [2.75, 3.05) is 7.11 Å². The zero-order valence-electron chi connectivity index (χ0n) is 7.05. The van der Waals surface area contributed by atoms with E-state index in [4.69, 9.17) is 4.74 Å². The van der Waals surface area contributed by atoms with Gasteiger partial charge in [-0.15, -0.1) is 0 Å². The molecule has 1 aliphatic carbocycles. The van der Waals surface area contributed by atoms with Crippen molar-refractivity contribution in [2.24, 2.45) is 0 Å². The summed E-state index contributed by atoms with van der Waals surface area (Å²) in [6.45, 7) is 4.34. The lowest BCUT2D eigenvalue weighted by molar-refractivity contribution is 0.00376. The second kappa shape index (κ2) is 3.35. The Balaban J connectivity index is 2.16. The molecule has 60 valence electrons. The Hall–Kier alpha value is -0.0800. The molecule has 1 N–H and O–H groups in total. The Morgan fingerprint density at radius 3 is 2.40 bits per heavy atom. The van der Waals surface area contributed by atoms with E-state index in [0.717, 1.165) is 0 Å². The number of rotatable bonds is 3. The van der Waals surface area contributed by atoms with E-state index in [2.05, 4.69) is 19.2 Å². The van der Waals surface area contributed by atoms with Gasteiger partial charge in [-0.25, -0.2) is 0 Å². The minimum atomic E-state index is 0.474. The van der Waals surface area contributed by atoms with Crippen LogP contribution < -0.4 is 5.32 Å². The van der Waals surface area contributed by atoms with Crippen LogP contribution >= 0.6 is 0 Å². The van der Waals surface area contributed by atoms with Crippen LogP contribution in [0.25, 0.3) is 0 Å². The fraction of sp³-hybridized carbons (Fsp3) is 1.00. The molecule has 0 heterocycles. The third-order valence-corrected chi connectivity index (χ3v) is 2.06. The highest BCUT2D eigenvalue weighted by molar-refractivity contribution is 4.88. The van der Waals surface area contributed by atoms with Gasteiger partial charge in [-0.1, -0.05) is 13.8 Å². The second-order valence-electron chi connectivity index (χ2n) is 3.28. The molecule has 1 saturated carbocycles.